The van der Waals surface area contributed by atoms with Crippen LogP contribution in [0.4, 0.5) is 0 Å². The summed E-state index contributed by atoms with van der Waals surface area (Å²) in [5.41, 5.74) is 2.29. The van der Waals surface area contributed by atoms with Crippen LogP contribution >= 0.6 is 39.9 Å². The van der Waals surface area contributed by atoms with Gasteiger partial charge in [0, 0.05) is 15.4 Å². The zero-order valence-corrected chi connectivity index (χ0v) is 11.3. The first-order chi connectivity index (χ1) is 7.31. The van der Waals surface area contributed by atoms with Gasteiger partial charge in [-0.2, -0.15) is 12.6 Å². The lowest BCUT2D eigenvalue weighted by atomic mass is 10.2. The van der Waals surface area contributed by atoms with Gasteiger partial charge in [0.05, 0.1) is 5.69 Å². The molecular formula is C11H10BrNS2. The van der Waals surface area contributed by atoms with Gasteiger partial charge in [-0.1, -0.05) is 34.1 Å². The standard InChI is InChI=1S/C11H10BrNS2/c12-10-4-2-1-3-9(10)11-13-8(5-6-14)7-15-11/h1-4,7,14H,5-6H2. The van der Waals surface area contributed by atoms with Crippen LogP contribution in [-0.4, -0.2) is 10.7 Å². The molecule has 0 saturated heterocycles. The van der Waals surface area contributed by atoms with E-state index in [1.165, 1.54) is 0 Å². The average Bonchev–Trinajstić information content (AvgIpc) is 2.68. The molecule has 0 amide bonds. The Morgan fingerprint density at radius 2 is 2.13 bits per heavy atom. The second kappa shape index (κ2) is 5.14. The first kappa shape index (κ1) is 11.2. The minimum atomic E-state index is 0.846. The van der Waals surface area contributed by atoms with Crippen LogP contribution in [0.1, 0.15) is 5.69 Å². The predicted octanol–water partition coefficient (Wildman–Crippen LogP) is 4.04. The Kier molecular flexibility index (Phi) is 3.83. The minimum Gasteiger partial charge on any atom is -0.241 e. The number of rotatable bonds is 3. The van der Waals surface area contributed by atoms with E-state index < -0.39 is 0 Å². The number of aryl methyl sites for hydroxylation is 1. The molecule has 0 radical (unpaired) electrons. The van der Waals surface area contributed by atoms with E-state index >= 15 is 0 Å². The van der Waals surface area contributed by atoms with Crippen molar-refractivity contribution in [3.05, 3.63) is 39.8 Å². The highest BCUT2D eigenvalue weighted by Gasteiger charge is 2.06. The van der Waals surface area contributed by atoms with Crippen molar-refractivity contribution in [2.24, 2.45) is 0 Å². The number of hydrogen-bond acceptors (Lipinski definition) is 3. The summed E-state index contributed by atoms with van der Waals surface area (Å²) in [4.78, 5) is 4.57. The molecule has 0 N–H and O–H groups in total. The van der Waals surface area contributed by atoms with Crippen LogP contribution in [0.5, 0.6) is 0 Å². The number of nitrogens with zero attached hydrogens (tertiary/aromatic N) is 1. The minimum absolute atomic E-state index is 0.846. The maximum Gasteiger partial charge on any atom is 0.124 e. The van der Waals surface area contributed by atoms with E-state index in [4.69, 9.17) is 0 Å². The maximum absolute atomic E-state index is 4.57. The molecule has 0 aliphatic rings. The highest BCUT2D eigenvalue weighted by atomic mass is 79.9. The van der Waals surface area contributed by atoms with Crippen molar-refractivity contribution in [3.8, 4) is 10.6 Å². The third kappa shape index (κ3) is 2.62. The lowest BCUT2D eigenvalue weighted by Gasteiger charge is -1.98. The lowest BCUT2D eigenvalue weighted by molar-refractivity contribution is 1.08. The van der Waals surface area contributed by atoms with Gasteiger partial charge in [-0.15, -0.1) is 11.3 Å². The molecule has 15 heavy (non-hydrogen) atoms. The molecule has 0 aliphatic heterocycles. The van der Waals surface area contributed by atoms with Crippen molar-refractivity contribution in [3.63, 3.8) is 0 Å². The molecule has 1 heterocycles. The molecule has 1 nitrogen and oxygen atoms in total. The Labute approximate surface area is 107 Å². The molecule has 0 aliphatic carbocycles. The Morgan fingerprint density at radius 3 is 2.87 bits per heavy atom. The van der Waals surface area contributed by atoms with E-state index in [9.17, 15) is 0 Å². The summed E-state index contributed by atoms with van der Waals surface area (Å²) < 4.78 is 1.09. The first-order valence-electron chi connectivity index (χ1n) is 4.61. The highest BCUT2D eigenvalue weighted by Crippen LogP contribution is 2.30. The molecule has 0 atom stereocenters. The molecule has 4 heteroatoms. The fourth-order valence-corrected chi connectivity index (χ4v) is 3.02. The molecule has 0 fully saturated rings. The van der Waals surface area contributed by atoms with Gasteiger partial charge in [0.25, 0.3) is 0 Å². The normalized spacial score (nSPS) is 10.5. The van der Waals surface area contributed by atoms with Gasteiger partial charge in [-0.25, -0.2) is 4.98 Å². The summed E-state index contributed by atoms with van der Waals surface area (Å²) in [5.74, 6) is 0.846. The van der Waals surface area contributed by atoms with E-state index in [1.54, 1.807) is 11.3 Å². The van der Waals surface area contributed by atoms with Gasteiger partial charge in [0.1, 0.15) is 5.01 Å². The number of thiol groups is 1. The Bertz CT molecular complexity index is 453. The number of thiazole rings is 1. The molecular weight excluding hydrogens is 290 g/mol. The fourth-order valence-electron chi connectivity index (χ4n) is 1.29. The van der Waals surface area contributed by atoms with Crippen molar-refractivity contribution >= 4 is 39.9 Å². The maximum atomic E-state index is 4.57. The smallest absolute Gasteiger partial charge is 0.124 e. The SMILES string of the molecule is SCCc1csc(-c2ccccc2Br)n1. The van der Waals surface area contributed by atoms with Crippen LogP contribution in [0.3, 0.4) is 0 Å². The molecule has 0 unspecified atom stereocenters. The Morgan fingerprint density at radius 1 is 1.33 bits per heavy atom. The van der Waals surface area contributed by atoms with Crippen LogP contribution in [0, 0.1) is 0 Å². The topological polar surface area (TPSA) is 12.9 Å². The van der Waals surface area contributed by atoms with Crippen molar-refractivity contribution in [1.29, 1.82) is 0 Å². The summed E-state index contributed by atoms with van der Waals surface area (Å²) in [6, 6.07) is 8.15. The lowest BCUT2D eigenvalue weighted by Crippen LogP contribution is -1.86. The van der Waals surface area contributed by atoms with E-state index in [0.29, 0.717) is 0 Å². The highest BCUT2D eigenvalue weighted by molar-refractivity contribution is 9.10. The molecule has 1 aromatic carbocycles. The molecule has 78 valence electrons. The summed E-state index contributed by atoms with van der Waals surface area (Å²) in [5, 5.41) is 3.17. The predicted molar refractivity (Wildman–Crippen MR) is 72.8 cm³/mol. The molecule has 0 spiro atoms. The van der Waals surface area contributed by atoms with Gasteiger partial charge in [0.15, 0.2) is 0 Å². The van der Waals surface area contributed by atoms with Gasteiger partial charge in [-0.3, -0.25) is 0 Å². The zero-order chi connectivity index (χ0) is 10.7. The third-order valence-corrected chi connectivity index (χ3v) is 3.86. The van der Waals surface area contributed by atoms with Crippen LogP contribution in [0.25, 0.3) is 10.6 Å². The first-order valence-corrected chi connectivity index (χ1v) is 6.92. The van der Waals surface area contributed by atoms with Gasteiger partial charge < -0.3 is 0 Å². The Hall–Kier alpha value is -0.320. The second-order valence-electron chi connectivity index (χ2n) is 3.10. The zero-order valence-electron chi connectivity index (χ0n) is 7.98. The fraction of sp³-hybridized carbons (Fsp3) is 0.182. The van der Waals surface area contributed by atoms with Crippen LogP contribution in [0.15, 0.2) is 34.1 Å². The van der Waals surface area contributed by atoms with Gasteiger partial charge in [0.2, 0.25) is 0 Å². The van der Waals surface area contributed by atoms with Crippen molar-refractivity contribution < 1.29 is 0 Å². The van der Waals surface area contributed by atoms with Gasteiger partial charge >= 0.3 is 0 Å². The van der Waals surface area contributed by atoms with Crippen molar-refractivity contribution in [2.45, 2.75) is 6.42 Å². The van der Waals surface area contributed by atoms with Crippen LogP contribution in [-0.2, 0) is 6.42 Å². The van der Waals surface area contributed by atoms with Crippen LogP contribution in [0.2, 0.25) is 0 Å². The molecule has 1 aromatic heterocycles. The largest absolute Gasteiger partial charge is 0.241 e. The van der Waals surface area contributed by atoms with Gasteiger partial charge in [-0.05, 0) is 18.2 Å². The number of aromatic nitrogens is 1. The van der Waals surface area contributed by atoms with Crippen molar-refractivity contribution in [1.82, 2.24) is 4.98 Å². The van der Waals surface area contributed by atoms with E-state index in [0.717, 1.165) is 32.9 Å². The number of hydrogen-bond donors (Lipinski definition) is 1. The molecule has 2 rings (SSSR count). The molecule has 0 bridgehead atoms. The number of benzene rings is 1. The summed E-state index contributed by atoms with van der Waals surface area (Å²) in [6.45, 7) is 0. The Balaban J connectivity index is 2.33. The third-order valence-electron chi connectivity index (χ3n) is 2.02. The summed E-state index contributed by atoms with van der Waals surface area (Å²) >= 11 is 9.42. The van der Waals surface area contributed by atoms with E-state index in [-0.39, 0.29) is 0 Å². The molecule has 2 aromatic rings. The average molecular weight is 300 g/mol. The van der Waals surface area contributed by atoms with Crippen LogP contribution < -0.4 is 0 Å². The quantitative estimate of drug-likeness (QED) is 0.844. The van der Waals surface area contributed by atoms with Crippen molar-refractivity contribution in [2.75, 3.05) is 5.75 Å². The van der Waals surface area contributed by atoms with E-state index in [2.05, 4.69) is 45.0 Å². The summed E-state index contributed by atoms with van der Waals surface area (Å²) in [6.07, 6.45) is 0.935. The van der Waals surface area contributed by atoms with E-state index in [1.807, 2.05) is 18.2 Å². The number of halogens is 1. The summed E-state index contributed by atoms with van der Waals surface area (Å²) in [7, 11) is 0. The molecule has 0 saturated carbocycles. The second-order valence-corrected chi connectivity index (χ2v) is 5.26. The monoisotopic (exact) mass is 299 g/mol.